The lowest BCUT2D eigenvalue weighted by Gasteiger charge is -2.13. The lowest BCUT2D eigenvalue weighted by atomic mass is 10.00. The van der Waals surface area contributed by atoms with Crippen molar-refractivity contribution in [2.24, 2.45) is 0 Å². The maximum atomic E-state index is 5.23. The quantitative estimate of drug-likeness (QED) is 0.172. The SMILES string of the molecule is c1ccc(-c2cccc(-n3c(-c4ccc(-n5c6cc(-c7ccc8sc9ccccc9c8c7)ccc6c6c7ccccc7ccc65)cc4)nc4ccccc43)c2)cc1. The van der Waals surface area contributed by atoms with Gasteiger partial charge in [0, 0.05) is 47.9 Å². The molecule has 266 valence electrons. The molecular weight excluding hydrogens is 711 g/mol. The van der Waals surface area contributed by atoms with Crippen molar-refractivity contribution in [2.45, 2.75) is 0 Å². The molecule has 0 bridgehead atoms. The van der Waals surface area contributed by atoms with Crippen LogP contribution in [0.15, 0.2) is 200 Å². The van der Waals surface area contributed by atoms with Crippen molar-refractivity contribution in [1.82, 2.24) is 14.1 Å². The molecule has 9 aromatic carbocycles. The smallest absolute Gasteiger partial charge is 0.145 e. The highest BCUT2D eigenvalue weighted by Gasteiger charge is 2.19. The highest BCUT2D eigenvalue weighted by Crippen LogP contribution is 2.41. The number of hydrogen-bond acceptors (Lipinski definition) is 2. The zero-order valence-corrected chi connectivity index (χ0v) is 31.6. The highest BCUT2D eigenvalue weighted by atomic mass is 32.1. The fourth-order valence-electron chi connectivity index (χ4n) is 8.85. The molecule has 4 heteroatoms. The number of nitrogens with zero attached hydrogens (tertiary/aromatic N) is 3. The zero-order chi connectivity index (χ0) is 37.5. The number of rotatable bonds is 5. The third-order valence-corrected chi connectivity index (χ3v) is 12.7. The van der Waals surface area contributed by atoms with E-state index in [0.29, 0.717) is 0 Å². The van der Waals surface area contributed by atoms with Crippen LogP contribution in [0.2, 0.25) is 0 Å². The summed E-state index contributed by atoms with van der Waals surface area (Å²) >= 11 is 1.86. The molecule has 3 aromatic heterocycles. The second kappa shape index (κ2) is 12.6. The fraction of sp³-hybridized carbons (Fsp3) is 0. The van der Waals surface area contributed by atoms with Crippen LogP contribution in [0.3, 0.4) is 0 Å². The molecule has 0 aliphatic rings. The maximum absolute atomic E-state index is 5.23. The number of imidazole rings is 1. The number of aromatic nitrogens is 3. The van der Waals surface area contributed by atoms with Gasteiger partial charge in [-0.25, -0.2) is 4.98 Å². The Morgan fingerprint density at radius 2 is 1.05 bits per heavy atom. The average Bonchev–Trinajstić information content (AvgIpc) is 3.96. The Bertz CT molecular complexity index is 3510. The van der Waals surface area contributed by atoms with Gasteiger partial charge < -0.3 is 4.57 Å². The summed E-state index contributed by atoms with van der Waals surface area (Å²) < 4.78 is 7.38. The number of benzene rings is 9. The van der Waals surface area contributed by atoms with Crippen LogP contribution in [0, 0.1) is 0 Å². The van der Waals surface area contributed by atoms with E-state index in [1.165, 1.54) is 75.0 Å². The Balaban J connectivity index is 1.03. The monoisotopic (exact) mass is 743 g/mol. The first-order valence-electron chi connectivity index (χ1n) is 19.4. The Kier molecular flexibility index (Phi) is 7.10. The van der Waals surface area contributed by atoms with Gasteiger partial charge in [0.2, 0.25) is 0 Å². The van der Waals surface area contributed by atoms with Crippen LogP contribution in [-0.2, 0) is 0 Å². The van der Waals surface area contributed by atoms with Gasteiger partial charge in [-0.3, -0.25) is 4.57 Å². The molecule has 3 heterocycles. The fourth-order valence-corrected chi connectivity index (χ4v) is 9.93. The van der Waals surface area contributed by atoms with Crippen molar-refractivity contribution < 1.29 is 0 Å². The summed E-state index contributed by atoms with van der Waals surface area (Å²) in [5, 5.41) is 7.66. The van der Waals surface area contributed by atoms with Crippen molar-refractivity contribution in [2.75, 3.05) is 0 Å². The summed E-state index contributed by atoms with van der Waals surface area (Å²) in [6.45, 7) is 0. The molecule has 12 rings (SSSR count). The highest BCUT2D eigenvalue weighted by molar-refractivity contribution is 7.25. The molecule has 0 atom stereocenters. The number of hydrogen-bond donors (Lipinski definition) is 0. The molecule has 3 nitrogen and oxygen atoms in total. The molecule has 0 saturated carbocycles. The van der Waals surface area contributed by atoms with E-state index in [0.717, 1.165) is 33.8 Å². The number of para-hydroxylation sites is 2. The lowest BCUT2D eigenvalue weighted by molar-refractivity contribution is 1.10. The van der Waals surface area contributed by atoms with Crippen LogP contribution >= 0.6 is 11.3 Å². The number of fused-ring (bicyclic) bond motifs is 9. The van der Waals surface area contributed by atoms with Crippen LogP contribution in [0.4, 0.5) is 0 Å². The number of thiophene rings is 1. The summed E-state index contributed by atoms with van der Waals surface area (Å²) in [5.41, 5.74) is 12.5. The third kappa shape index (κ3) is 5.08. The zero-order valence-electron chi connectivity index (χ0n) is 30.8. The van der Waals surface area contributed by atoms with Crippen LogP contribution in [0.1, 0.15) is 0 Å². The van der Waals surface area contributed by atoms with Crippen molar-refractivity contribution in [3.8, 4) is 45.0 Å². The first-order valence-corrected chi connectivity index (χ1v) is 20.2. The minimum atomic E-state index is 0.916. The lowest BCUT2D eigenvalue weighted by Crippen LogP contribution is -1.99. The minimum Gasteiger partial charge on any atom is -0.309 e. The van der Waals surface area contributed by atoms with E-state index < -0.39 is 0 Å². The molecule has 0 aliphatic carbocycles. The summed E-state index contributed by atoms with van der Waals surface area (Å²) in [6, 6.07) is 72.6. The third-order valence-electron chi connectivity index (χ3n) is 11.5. The van der Waals surface area contributed by atoms with Gasteiger partial charge in [0.05, 0.1) is 22.1 Å². The molecule has 0 amide bonds. The minimum absolute atomic E-state index is 0.916. The standard InChI is InChI=1S/C53H33N3S/c1-2-11-34(12-3-1)37-14-10-15-41(31-37)56-47-19-8-7-18-46(47)54-53(56)36-21-26-40(27-22-36)55-48-29-24-35-13-4-5-16-42(35)52(48)44-28-23-39(33-49(44)55)38-25-30-51-45(32-38)43-17-6-9-20-50(43)57-51/h1-33H. The van der Waals surface area contributed by atoms with Crippen molar-refractivity contribution in [1.29, 1.82) is 0 Å². The summed E-state index contributed by atoms with van der Waals surface area (Å²) in [7, 11) is 0. The Morgan fingerprint density at radius 3 is 1.96 bits per heavy atom. The first-order chi connectivity index (χ1) is 28.2. The van der Waals surface area contributed by atoms with Crippen molar-refractivity contribution in [3.05, 3.63) is 200 Å². The molecule has 12 aromatic rings. The molecule has 0 fully saturated rings. The van der Waals surface area contributed by atoms with E-state index in [1.54, 1.807) is 0 Å². The van der Waals surface area contributed by atoms with Gasteiger partial charge >= 0.3 is 0 Å². The van der Waals surface area contributed by atoms with Gasteiger partial charge in [-0.05, 0) is 112 Å². The van der Waals surface area contributed by atoms with E-state index in [1.807, 2.05) is 11.3 Å². The predicted molar refractivity (Wildman–Crippen MR) is 242 cm³/mol. The van der Waals surface area contributed by atoms with Gasteiger partial charge in [0.25, 0.3) is 0 Å². The molecule has 0 aliphatic heterocycles. The first kappa shape index (κ1) is 32.0. The molecule has 0 radical (unpaired) electrons. The van der Waals surface area contributed by atoms with Gasteiger partial charge in [-0.15, -0.1) is 11.3 Å². The van der Waals surface area contributed by atoms with Crippen LogP contribution in [-0.4, -0.2) is 14.1 Å². The van der Waals surface area contributed by atoms with Crippen LogP contribution in [0.5, 0.6) is 0 Å². The maximum Gasteiger partial charge on any atom is 0.145 e. The molecular formula is C53H33N3S. The van der Waals surface area contributed by atoms with Crippen LogP contribution in [0.25, 0.3) is 109 Å². The second-order valence-corrected chi connectivity index (χ2v) is 15.9. The Hall–Kier alpha value is -7.27. The van der Waals surface area contributed by atoms with Crippen molar-refractivity contribution in [3.63, 3.8) is 0 Å². The van der Waals surface area contributed by atoms with Gasteiger partial charge in [0.1, 0.15) is 5.82 Å². The van der Waals surface area contributed by atoms with E-state index in [-0.39, 0.29) is 0 Å². The Labute approximate surface area is 333 Å². The van der Waals surface area contributed by atoms with Gasteiger partial charge in [-0.1, -0.05) is 121 Å². The average molecular weight is 744 g/mol. The summed E-state index contributed by atoms with van der Waals surface area (Å²) in [4.78, 5) is 5.23. The van der Waals surface area contributed by atoms with Crippen LogP contribution < -0.4 is 0 Å². The largest absolute Gasteiger partial charge is 0.309 e. The van der Waals surface area contributed by atoms with Gasteiger partial charge in [0.15, 0.2) is 0 Å². The summed E-state index contributed by atoms with van der Waals surface area (Å²) in [6.07, 6.45) is 0. The molecule has 0 spiro atoms. The Morgan fingerprint density at radius 1 is 0.351 bits per heavy atom. The normalized spacial score (nSPS) is 11.9. The molecule has 57 heavy (non-hydrogen) atoms. The van der Waals surface area contributed by atoms with Crippen molar-refractivity contribution >= 4 is 75.1 Å². The topological polar surface area (TPSA) is 22.8 Å². The summed E-state index contributed by atoms with van der Waals surface area (Å²) in [5.74, 6) is 0.916. The molecule has 0 N–H and O–H groups in total. The predicted octanol–water partition coefficient (Wildman–Crippen LogP) is 14.6. The molecule has 0 unspecified atom stereocenters. The van der Waals surface area contributed by atoms with E-state index in [2.05, 4.69) is 209 Å². The van der Waals surface area contributed by atoms with Gasteiger partial charge in [-0.2, -0.15) is 0 Å². The second-order valence-electron chi connectivity index (χ2n) is 14.8. The van der Waals surface area contributed by atoms with E-state index >= 15 is 0 Å². The van der Waals surface area contributed by atoms with E-state index in [9.17, 15) is 0 Å². The van der Waals surface area contributed by atoms with E-state index in [4.69, 9.17) is 4.98 Å². The molecule has 0 saturated heterocycles.